The molecule has 16 rings (SSSR count). The number of methoxy groups -OCH3 is 4. The summed E-state index contributed by atoms with van der Waals surface area (Å²) in [6.45, 7) is 25.3. The van der Waals surface area contributed by atoms with E-state index in [-0.39, 0.29) is 77.8 Å². The molecule has 7 N–H and O–H groups in total. The van der Waals surface area contributed by atoms with Crippen LogP contribution < -0.4 is 25.4 Å². The van der Waals surface area contributed by atoms with Crippen LogP contribution in [0.1, 0.15) is 180 Å². The van der Waals surface area contributed by atoms with Crippen molar-refractivity contribution in [3.63, 3.8) is 0 Å². The summed E-state index contributed by atoms with van der Waals surface area (Å²) in [7, 11) is 5.35. The number of fused-ring (bicyclic) bond motifs is 12. The van der Waals surface area contributed by atoms with Gasteiger partial charge in [-0.05, 0) is 196 Å². The maximum absolute atomic E-state index is 14.0. The van der Waals surface area contributed by atoms with Crippen molar-refractivity contribution < 1.29 is 66.7 Å². The summed E-state index contributed by atoms with van der Waals surface area (Å²) in [5.41, 5.74) is 12.7. The van der Waals surface area contributed by atoms with Crippen molar-refractivity contribution in [1.82, 2.24) is 75.4 Å². The lowest BCUT2D eigenvalue weighted by Crippen LogP contribution is -2.54. The Balaban J connectivity index is 0.000000184. The fourth-order valence-electron chi connectivity index (χ4n) is 17.8. The van der Waals surface area contributed by atoms with Gasteiger partial charge in [0.25, 0.3) is 0 Å². The largest absolute Gasteiger partial charge is 0.488 e. The van der Waals surface area contributed by atoms with E-state index in [2.05, 4.69) is 123 Å². The van der Waals surface area contributed by atoms with Gasteiger partial charge in [0.15, 0.2) is 0 Å². The molecule has 10 heterocycles. The number of imidazole rings is 4. The van der Waals surface area contributed by atoms with Gasteiger partial charge < -0.3 is 83.7 Å². The van der Waals surface area contributed by atoms with Crippen LogP contribution in [-0.4, -0.2) is 185 Å². The van der Waals surface area contributed by atoms with Gasteiger partial charge in [-0.25, -0.2) is 39.1 Å². The average molecular weight is 1600 g/mol. The van der Waals surface area contributed by atoms with E-state index < -0.39 is 48.1 Å². The molecule has 4 fully saturated rings. The van der Waals surface area contributed by atoms with Crippen LogP contribution in [0.3, 0.4) is 0 Å². The van der Waals surface area contributed by atoms with Gasteiger partial charge in [-0.1, -0.05) is 77.9 Å². The summed E-state index contributed by atoms with van der Waals surface area (Å²) in [6.07, 6.45) is 5.45. The molecule has 0 aliphatic carbocycles. The summed E-state index contributed by atoms with van der Waals surface area (Å²) in [5, 5.41) is 12.1. The van der Waals surface area contributed by atoms with Gasteiger partial charge >= 0.3 is 24.4 Å². The van der Waals surface area contributed by atoms with E-state index >= 15 is 0 Å². The molecule has 10 aromatic rings. The van der Waals surface area contributed by atoms with E-state index in [1.165, 1.54) is 28.4 Å². The number of amides is 7. The topological polar surface area (TPSA) is 348 Å². The maximum atomic E-state index is 14.0. The summed E-state index contributed by atoms with van der Waals surface area (Å²) in [5.74, 6) is 4.15. The van der Waals surface area contributed by atoms with Crippen molar-refractivity contribution in [1.29, 1.82) is 0 Å². The number of aromatic amines is 4. The molecular weight excluding hydrogens is 1490 g/mol. The number of ether oxygens (including phenoxy) is 7. The molecule has 616 valence electrons. The highest BCUT2D eigenvalue weighted by Crippen LogP contribution is 2.48. The third-order valence-corrected chi connectivity index (χ3v) is 23.9. The quantitative estimate of drug-likeness (QED) is 0.0442. The highest BCUT2D eigenvalue weighted by atomic mass is 16.6. The van der Waals surface area contributed by atoms with Crippen LogP contribution in [0.25, 0.3) is 88.4 Å². The van der Waals surface area contributed by atoms with Crippen LogP contribution in [0.2, 0.25) is 0 Å². The van der Waals surface area contributed by atoms with Gasteiger partial charge in [0.2, 0.25) is 17.7 Å². The molecule has 12 atom stereocenters. The monoisotopic (exact) mass is 1600 g/mol. The number of hydrogen-bond donors (Lipinski definition) is 7. The lowest BCUT2D eigenvalue weighted by molar-refractivity contribution is -0.138. The van der Waals surface area contributed by atoms with Gasteiger partial charge in [0, 0.05) is 54.2 Å². The number of likely N-dealkylation sites (tertiary alicyclic amines) is 4. The molecule has 0 saturated carbocycles. The van der Waals surface area contributed by atoms with Crippen LogP contribution in [0.15, 0.2) is 97.3 Å². The van der Waals surface area contributed by atoms with Crippen molar-refractivity contribution in [2.45, 2.75) is 201 Å². The van der Waals surface area contributed by atoms with Crippen molar-refractivity contribution in [2.75, 3.05) is 41.5 Å². The van der Waals surface area contributed by atoms with Crippen molar-refractivity contribution in [2.24, 2.45) is 23.7 Å². The van der Waals surface area contributed by atoms with Crippen LogP contribution in [0.4, 0.5) is 19.2 Å². The summed E-state index contributed by atoms with van der Waals surface area (Å²) >= 11 is 0. The van der Waals surface area contributed by atoms with E-state index in [0.717, 1.165) is 155 Å². The Hall–Kier alpha value is -11.8. The normalized spacial score (nSPS) is 21.2. The molecule has 6 aliphatic heterocycles. The summed E-state index contributed by atoms with van der Waals surface area (Å²) < 4.78 is 38.4. The number of nitrogens with zero attached hydrogens (tertiary/aromatic N) is 8. The standard InChI is InChI=1S/C45H54N8O8.C43H51N7O6/c1-22(2)37(50-44(56)59-7)43(55)53-24(4)9-14-34(53)41-47-32-13-11-26-17-31-29-12-10-27(16-28(29)21-61-36(31)18-30(26)39(32)49-41)33-19-46-40(48-33)35-15-23(3)20-52(35)42(54)38(25(5)58-6)51-45(57)60-8;1-22(2)36(48-41(52)54-8)40(51)50-24(4)9-14-33(50)39-45-31-13-11-25-17-30-28-12-10-26(16-27(28)21-55-35(30)18-29(25)37(31)47-39)32-19-44-38(46-32)34-15-23(3)20-49(34)42(53)56-43(5,6)7/h10-13,16-19,22-25,34-35,37-38H,9,14-15,20-21H2,1-8H3,(H,46,48)(H,47,49)(H,50,56)(H,51,57);10-13,16-19,22-24,33-34,36H,9,14-15,20-21H2,1-8H3,(H,44,46)(H,45,47)(H,48,52)/t23-,24-,25+,34-,35?,37-,38-;23-,24-,33-,34?,36-/m00/s1. The van der Waals surface area contributed by atoms with Gasteiger partial charge in [-0.3, -0.25) is 19.3 Å². The number of carbonyl (C=O) groups excluding carboxylic acids is 7. The minimum absolute atomic E-state index is 0.0138. The minimum Gasteiger partial charge on any atom is -0.488 e. The number of carbonyl (C=O) groups is 7. The van der Waals surface area contributed by atoms with Crippen LogP contribution >= 0.6 is 0 Å². The van der Waals surface area contributed by atoms with Crippen molar-refractivity contribution in [3.8, 4) is 56.3 Å². The van der Waals surface area contributed by atoms with E-state index in [1.54, 1.807) is 22.9 Å². The minimum atomic E-state index is -0.922. The van der Waals surface area contributed by atoms with E-state index in [0.29, 0.717) is 50.3 Å². The van der Waals surface area contributed by atoms with E-state index in [9.17, 15) is 33.6 Å². The lowest BCUT2D eigenvalue weighted by Gasteiger charge is -2.32. The zero-order valence-corrected chi connectivity index (χ0v) is 69.2. The van der Waals surface area contributed by atoms with Crippen molar-refractivity contribution >= 4 is 85.7 Å². The Labute approximate surface area is 678 Å². The fourth-order valence-corrected chi connectivity index (χ4v) is 17.8. The smallest absolute Gasteiger partial charge is 0.410 e. The Morgan fingerprint density at radius 3 is 1.33 bits per heavy atom. The molecule has 4 aromatic heterocycles. The average Bonchev–Trinajstić information content (AvgIpc) is 1.48. The maximum Gasteiger partial charge on any atom is 0.410 e. The number of H-pyrrole nitrogens is 4. The van der Waals surface area contributed by atoms with Gasteiger partial charge in [0.05, 0.1) is 97.4 Å². The zero-order chi connectivity index (χ0) is 82.9. The number of nitrogens with one attached hydrogen (secondary N) is 7. The predicted molar refractivity (Wildman–Crippen MR) is 440 cm³/mol. The number of rotatable bonds is 16. The molecule has 7 amide bonds. The Bertz CT molecular complexity index is 5500. The molecule has 0 spiro atoms. The first kappa shape index (κ1) is 80.4. The predicted octanol–water partition coefficient (Wildman–Crippen LogP) is 15.2. The first-order valence-corrected chi connectivity index (χ1v) is 40.5. The molecule has 117 heavy (non-hydrogen) atoms. The van der Waals surface area contributed by atoms with Crippen molar-refractivity contribution in [3.05, 3.63) is 132 Å². The Morgan fingerprint density at radius 1 is 0.487 bits per heavy atom. The van der Waals surface area contributed by atoms with E-state index in [1.807, 2.05) is 90.4 Å². The first-order valence-electron chi connectivity index (χ1n) is 40.5. The fraction of sp³-hybridized carbons (Fsp3) is 0.466. The van der Waals surface area contributed by atoms with E-state index in [4.69, 9.17) is 53.1 Å². The first-order chi connectivity index (χ1) is 56.0. The third-order valence-electron chi connectivity index (χ3n) is 23.9. The van der Waals surface area contributed by atoms with Crippen LogP contribution in [0, 0.1) is 23.7 Å². The molecule has 0 bridgehead atoms. The Morgan fingerprint density at radius 2 is 0.915 bits per heavy atom. The highest BCUT2D eigenvalue weighted by Gasteiger charge is 2.46. The molecule has 29 nitrogen and oxygen atoms in total. The molecule has 6 aromatic carbocycles. The van der Waals surface area contributed by atoms with Crippen LogP contribution in [0.5, 0.6) is 11.5 Å². The number of benzene rings is 6. The molecule has 29 heteroatoms. The molecular formula is C88H105N15O14. The molecule has 6 aliphatic rings. The number of hydrogen-bond acceptors (Lipinski definition) is 18. The second-order valence-corrected chi connectivity index (χ2v) is 34.0. The number of alkyl carbamates (subject to hydrolysis) is 3. The third kappa shape index (κ3) is 15.7. The second kappa shape index (κ2) is 32.4. The summed E-state index contributed by atoms with van der Waals surface area (Å²) in [4.78, 5) is 132. The van der Waals surface area contributed by atoms with Crippen LogP contribution in [-0.2, 0) is 51.3 Å². The SMILES string of the molecule is COC(=O)N[C@H](C(=O)N1[C@@H](C)CC[C@H]1c1nc2c(ccc3cc4c(cc32)OCc2cc(-c3cnc(C5C[C@H](C)CN5C(=O)OC(C)(C)C)[nH]3)ccc2-4)[nH]1)C(C)C.COC(=O)N[C@H](C(=O)N1[C@@H](C)CC[C@H]1c1nc2c(ccc3cc4c(cc32)OCc2cc(-c3cnc(C5C[C@H](C)CN5C(=O)[C@@H](NC(=O)OC)[C@@H](C)OC)[nH]3)ccc2-4)[nH]1)C(C)C. The molecule has 4 saturated heterocycles. The molecule has 0 radical (unpaired) electrons. The van der Waals surface area contributed by atoms with Gasteiger partial charge in [0.1, 0.15) is 71.7 Å². The second-order valence-electron chi connectivity index (χ2n) is 34.0. The zero-order valence-electron chi connectivity index (χ0n) is 69.2. The van der Waals surface area contributed by atoms with Gasteiger partial charge in [-0.2, -0.15) is 0 Å². The molecule has 2 unspecified atom stereocenters. The lowest BCUT2D eigenvalue weighted by atomic mass is 9.92. The summed E-state index contributed by atoms with van der Waals surface area (Å²) in [6, 6.07) is 25.9. The number of aromatic nitrogens is 8. The Kier molecular flexibility index (Phi) is 22.3. The highest BCUT2D eigenvalue weighted by molar-refractivity contribution is 6.08. The van der Waals surface area contributed by atoms with Gasteiger partial charge in [-0.15, -0.1) is 0 Å².